The van der Waals surface area contributed by atoms with Crippen LogP contribution in [-0.2, 0) is 14.3 Å². The van der Waals surface area contributed by atoms with Crippen molar-refractivity contribution in [2.24, 2.45) is 0 Å². The molecule has 0 spiro atoms. The normalized spacial score (nSPS) is 13.5. The predicted octanol–water partition coefficient (Wildman–Crippen LogP) is 2.34. The summed E-state index contributed by atoms with van der Waals surface area (Å²) < 4.78 is 15.7. The van der Waals surface area contributed by atoms with Crippen LogP contribution < -0.4 is 9.47 Å². The molecule has 0 saturated heterocycles. The molecule has 0 radical (unpaired) electrons. The van der Waals surface area contributed by atoms with Crippen LogP contribution in [0, 0.1) is 0 Å². The molecule has 0 fully saturated rings. The Morgan fingerprint density at radius 1 is 1.30 bits per heavy atom. The van der Waals surface area contributed by atoms with Gasteiger partial charge in [-0.15, -0.1) is 0 Å². The Morgan fingerprint density at radius 3 is 2.70 bits per heavy atom. The average molecular weight is 276 g/mol. The number of carbonyl (C=O) groups is 2. The molecule has 20 heavy (non-hydrogen) atoms. The molecule has 1 aromatic rings. The summed E-state index contributed by atoms with van der Waals surface area (Å²) in [6, 6.07) is 5.28. The number of hydrogen-bond donors (Lipinski definition) is 0. The first-order valence-corrected chi connectivity index (χ1v) is 6.31. The van der Waals surface area contributed by atoms with Gasteiger partial charge in [0.05, 0.1) is 6.10 Å². The third kappa shape index (κ3) is 2.99. The van der Waals surface area contributed by atoms with E-state index in [0.29, 0.717) is 17.1 Å². The molecule has 0 atom stereocenters. The summed E-state index contributed by atoms with van der Waals surface area (Å²) in [5.74, 6) is 0.138. The van der Waals surface area contributed by atoms with Crippen LogP contribution in [0.15, 0.2) is 23.8 Å². The number of benzene rings is 1. The van der Waals surface area contributed by atoms with Crippen LogP contribution >= 0.6 is 0 Å². The largest absolute Gasteiger partial charge is 0.459 e. The Labute approximate surface area is 117 Å². The van der Waals surface area contributed by atoms with Crippen molar-refractivity contribution in [3.63, 3.8) is 0 Å². The van der Waals surface area contributed by atoms with Gasteiger partial charge in [0.1, 0.15) is 5.57 Å². The topological polar surface area (TPSA) is 61.8 Å². The maximum atomic E-state index is 11.9. The van der Waals surface area contributed by atoms with Crippen molar-refractivity contribution in [2.45, 2.75) is 26.9 Å². The molecule has 0 bridgehead atoms. The molecule has 1 aliphatic heterocycles. The van der Waals surface area contributed by atoms with E-state index < -0.39 is 5.97 Å². The number of carbonyl (C=O) groups excluding carboxylic acids is 2. The molecule has 5 heteroatoms. The quantitative estimate of drug-likeness (QED) is 0.365. The van der Waals surface area contributed by atoms with E-state index in [1.54, 1.807) is 32.0 Å². The molecule has 0 amide bonds. The lowest BCUT2D eigenvalue weighted by molar-refractivity contribution is -0.143. The number of para-hydroxylation sites is 1. The average Bonchev–Trinajstić information content (AvgIpc) is 2.83. The van der Waals surface area contributed by atoms with Crippen molar-refractivity contribution in [1.82, 2.24) is 0 Å². The number of fused-ring (bicyclic) bond motifs is 1. The van der Waals surface area contributed by atoms with Gasteiger partial charge in [0.2, 0.25) is 6.79 Å². The standard InChI is InChI=1S/C15H16O5/c1-9(2)20-15(17)12(10(3)16)7-11-5-4-6-13-14(11)19-8-18-13/h4-7,9H,8H2,1-3H3/b12-7-. The summed E-state index contributed by atoms with van der Waals surface area (Å²) in [7, 11) is 0. The lowest BCUT2D eigenvalue weighted by atomic mass is 10.1. The third-order valence-corrected chi connectivity index (χ3v) is 2.67. The van der Waals surface area contributed by atoms with Crippen molar-refractivity contribution in [3.05, 3.63) is 29.3 Å². The van der Waals surface area contributed by atoms with Gasteiger partial charge in [0, 0.05) is 5.56 Å². The highest BCUT2D eigenvalue weighted by atomic mass is 16.7. The highest BCUT2D eigenvalue weighted by Crippen LogP contribution is 2.36. The van der Waals surface area contributed by atoms with Crippen LogP contribution in [0.4, 0.5) is 0 Å². The van der Waals surface area contributed by atoms with Gasteiger partial charge in [0.25, 0.3) is 0 Å². The first-order valence-electron chi connectivity index (χ1n) is 6.31. The van der Waals surface area contributed by atoms with Gasteiger partial charge in [-0.2, -0.15) is 0 Å². The zero-order valence-corrected chi connectivity index (χ0v) is 11.6. The zero-order chi connectivity index (χ0) is 14.7. The van der Waals surface area contributed by atoms with Crippen LogP contribution in [0.5, 0.6) is 11.5 Å². The highest BCUT2D eigenvalue weighted by molar-refractivity contribution is 6.20. The fraction of sp³-hybridized carbons (Fsp3) is 0.333. The minimum absolute atomic E-state index is 0.0115. The SMILES string of the molecule is CC(=O)/C(=C/c1cccc2c1OCO2)C(=O)OC(C)C. The summed E-state index contributed by atoms with van der Waals surface area (Å²) in [6.07, 6.45) is 1.19. The molecule has 0 unspecified atom stereocenters. The molecule has 0 aromatic heterocycles. The summed E-state index contributed by atoms with van der Waals surface area (Å²) in [6.45, 7) is 4.92. The van der Waals surface area contributed by atoms with Gasteiger partial charge < -0.3 is 14.2 Å². The van der Waals surface area contributed by atoms with Crippen LogP contribution in [0.2, 0.25) is 0 Å². The Bertz CT molecular complexity index is 572. The highest BCUT2D eigenvalue weighted by Gasteiger charge is 2.21. The Kier molecular flexibility index (Phi) is 4.08. The fourth-order valence-corrected chi connectivity index (χ4v) is 1.80. The summed E-state index contributed by atoms with van der Waals surface area (Å²) in [4.78, 5) is 23.5. The molecule has 1 aromatic carbocycles. The van der Waals surface area contributed by atoms with Gasteiger partial charge in [-0.1, -0.05) is 12.1 Å². The summed E-state index contributed by atoms with van der Waals surface area (Å²) in [5, 5.41) is 0. The maximum absolute atomic E-state index is 11.9. The fourth-order valence-electron chi connectivity index (χ4n) is 1.80. The Morgan fingerprint density at radius 2 is 2.05 bits per heavy atom. The van der Waals surface area contributed by atoms with Crippen molar-refractivity contribution in [1.29, 1.82) is 0 Å². The van der Waals surface area contributed by atoms with Crippen molar-refractivity contribution >= 4 is 17.8 Å². The lowest BCUT2D eigenvalue weighted by Gasteiger charge is -2.09. The number of hydrogen-bond acceptors (Lipinski definition) is 5. The Hall–Kier alpha value is -2.30. The first kappa shape index (κ1) is 14.1. The van der Waals surface area contributed by atoms with Gasteiger partial charge in [-0.3, -0.25) is 4.79 Å². The van der Waals surface area contributed by atoms with Crippen LogP contribution in [0.1, 0.15) is 26.3 Å². The molecule has 0 aliphatic carbocycles. The van der Waals surface area contributed by atoms with E-state index in [1.807, 2.05) is 0 Å². The molecule has 0 N–H and O–H groups in total. The number of ketones is 1. The van der Waals surface area contributed by atoms with Gasteiger partial charge in [-0.05, 0) is 32.9 Å². The Balaban J connectivity index is 2.37. The number of Topliss-reactive ketones (excluding diaryl/α,β-unsaturated/α-hetero) is 1. The van der Waals surface area contributed by atoms with Crippen molar-refractivity contribution < 1.29 is 23.8 Å². The van der Waals surface area contributed by atoms with Crippen molar-refractivity contribution in [3.8, 4) is 11.5 Å². The monoisotopic (exact) mass is 276 g/mol. The van der Waals surface area contributed by atoms with E-state index in [0.717, 1.165) is 0 Å². The molecule has 0 saturated carbocycles. The van der Waals surface area contributed by atoms with E-state index in [4.69, 9.17) is 14.2 Å². The van der Waals surface area contributed by atoms with Gasteiger partial charge in [0.15, 0.2) is 17.3 Å². The second-order valence-electron chi connectivity index (χ2n) is 4.65. The molecular formula is C15H16O5. The van der Waals surface area contributed by atoms with E-state index >= 15 is 0 Å². The summed E-state index contributed by atoms with van der Waals surface area (Å²) in [5.41, 5.74) is 0.605. The lowest BCUT2D eigenvalue weighted by Crippen LogP contribution is -2.17. The van der Waals surface area contributed by atoms with Gasteiger partial charge >= 0.3 is 5.97 Å². The third-order valence-electron chi connectivity index (χ3n) is 2.67. The predicted molar refractivity (Wildman–Crippen MR) is 72.5 cm³/mol. The number of ether oxygens (including phenoxy) is 3. The van der Waals surface area contributed by atoms with Crippen LogP contribution in [0.25, 0.3) is 6.08 Å². The summed E-state index contributed by atoms with van der Waals surface area (Å²) >= 11 is 0. The number of esters is 1. The smallest absolute Gasteiger partial charge is 0.342 e. The second kappa shape index (κ2) is 5.77. The first-order chi connectivity index (χ1) is 9.49. The van der Waals surface area contributed by atoms with Crippen LogP contribution in [-0.4, -0.2) is 24.6 Å². The molecular weight excluding hydrogens is 260 g/mol. The zero-order valence-electron chi connectivity index (χ0n) is 11.6. The molecule has 5 nitrogen and oxygen atoms in total. The van der Waals surface area contributed by atoms with Gasteiger partial charge in [-0.25, -0.2) is 4.79 Å². The molecule has 2 rings (SSSR count). The van der Waals surface area contributed by atoms with E-state index in [9.17, 15) is 9.59 Å². The van der Waals surface area contributed by atoms with E-state index in [-0.39, 0.29) is 24.3 Å². The molecule has 1 heterocycles. The maximum Gasteiger partial charge on any atom is 0.342 e. The minimum Gasteiger partial charge on any atom is -0.459 e. The van der Waals surface area contributed by atoms with E-state index in [1.165, 1.54) is 13.0 Å². The van der Waals surface area contributed by atoms with Crippen molar-refractivity contribution in [2.75, 3.05) is 6.79 Å². The second-order valence-corrected chi connectivity index (χ2v) is 4.65. The number of rotatable bonds is 4. The van der Waals surface area contributed by atoms with Crippen LogP contribution in [0.3, 0.4) is 0 Å². The molecule has 1 aliphatic rings. The molecule has 106 valence electrons. The van der Waals surface area contributed by atoms with E-state index in [2.05, 4.69) is 0 Å². The minimum atomic E-state index is -0.635.